The summed E-state index contributed by atoms with van der Waals surface area (Å²) >= 11 is 0. The molecule has 3 fully saturated rings. The Bertz CT molecular complexity index is 736. The van der Waals surface area contributed by atoms with Crippen LogP contribution in [0.3, 0.4) is 0 Å². The number of hydrogen-bond donors (Lipinski definition) is 2. The van der Waals surface area contributed by atoms with E-state index in [9.17, 15) is 9.90 Å². The van der Waals surface area contributed by atoms with Crippen LogP contribution in [0.5, 0.6) is 0 Å². The molecule has 25 heavy (non-hydrogen) atoms. The van der Waals surface area contributed by atoms with E-state index in [1.807, 2.05) is 39.9 Å². The second-order valence-electron chi connectivity index (χ2n) is 7.38. The Balaban J connectivity index is 1.44. The van der Waals surface area contributed by atoms with Gasteiger partial charge >= 0.3 is 6.03 Å². The molecule has 0 radical (unpaired) electrons. The highest BCUT2D eigenvalue weighted by Crippen LogP contribution is 2.44. The number of amides is 2. The third kappa shape index (κ3) is 3.26. The molecule has 2 amide bonds. The summed E-state index contributed by atoms with van der Waals surface area (Å²) in [7, 11) is 0. The Morgan fingerprint density at radius 2 is 2.20 bits per heavy atom. The van der Waals surface area contributed by atoms with Crippen molar-refractivity contribution in [1.29, 1.82) is 0 Å². The molecule has 1 saturated carbocycles. The van der Waals surface area contributed by atoms with Gasteiger partial charge in [-0.3, -0.25) is 0 Å². The van der Waals surface area contributed by atoms with E-state index in [-0.39, 0.29) is 18.1 Å². The van der Waals surface area contributed by atoms with Crippen molar-refractivity contribution < 1.29 is 9.90 Å². The lowest BCUT2D eigenvalue weighted by Crippen LogP contribution is -2.58. The number of carbonyl (C=O) groups is 1. The van der Waals surface area contributed by atoms with Crippen molar-refractivity contribution in [2.75, 3.05) is 18.5 Å². The number of benzene rings is 1. The zero-order valence-electron chi connectivity index (χ0n) is 14.3. The molecule has 1 aromatic carbocycles. The number of piperidine rings is 2. The summed E-state index contributed by atoms with van der Waals surface area (Å²) in [6.45, 7) is 1.56. The molecular formula is C19H24N4O2. The first kappa shape index (κ1) is 16.1. The number of imidazole rings is 1. The van der Waals surface area contributed by atoms with Crippen molar-refractivity contribution in [2.45, 2.75) is 38.3 Å². The number of aromatic nitrogens is 2. The highest BCUT2D eigenvalue weighted by Gasteiger charge is 2.45. The third-order valence-electron chi connectivity index (χ3n) is 5.66. The molecule has 2 aromatic rings. The van der Waals surface area contributed by atoms with Gasteiger partial charge in [-0.25, -0.2) is 9.78 Å². The Labute approximate surface area is 147 Å². The number of rotatable bonds is 4. The largest absolute Gasteiger partial charge is 0.396 e. The van der Waals surface area contributed by atoms with Gasteiger partial charge in [-0.2, -0.15) is 0 Å². The van der Waals surface area contributed by atoms with E-state index in [0.717, 1.165) is 43.5 Å². The van der Waals surface area contributed by atoms with Crippen molar-refractivity contribution in [2.24, 2.45) is 5.41 Å². The van der Waals surface area contributed by atoms with E-state index in [1.165, 1.54) is 0 Å². The number of nitrogens with zero attached hydrogens (tertiary/aromatic N) is 3. The van der Waals surface area contributed by atoms with Gasteiger partial charge in [0.05, 0.1) is 12.9 Å². The predicted molar refractivity (Wildman–Crippen MR) is 95.3 cm³/mol. The van der Waals surface area contributed by atoms with Crippen LogP contribution in [0.4, 0.5) is 10.5 Å². The summed E-state index contributed by atoms with van der Waals surface area (Å²) in [4.78, 5) is 18.7. The minimum atomic E-state index is -0.0879. The van der Waals surface area contributed by atoms with Crippen LogP contribution in [-0.4, -0.2) is 44.8 Å². The van der Waals surface area contributed by atoms with E-state index >= 15 is 0 Å². The summed E-state index contributed by atoms with van der Waals surface area (Å²) in [6, 6.07) is 8.17. The van der Waals surface area contributed by atoms with E-state index in [0.29, 0.717) is 12.6 Å². The van der Waals surface area contributed by atoms with E-state index in [1.54, 1.807) is 12.5 Å². The summed E-state index contributed by atoms with van der Waals surface area (Å²) in [6.07, 6.45) is 9.50. The van der Waals surface area contributed by atoms with Crippen LogP contribution in [-0.2, 0) is 6.54 Å². The fraction of sp³-hybridized carbons (Fsp3) is 0.474. The highest BCUT2D eigenvalue weighted by atomic mass is 16.3. The molecule has 6 nitrogen and oxygen atoms in total. The van der Waals surface area contributed by atoms with Crippen molar-refractivity contribution in [1.82, 2.24) is 14.5 Å². The SMILES string of the molecule is O=C(Nc1cccc(Cn2ccnc2)c1)N1CC2(CO)CCC1CC2. The molecule has 2 bridgehead atoms. The van der Waals surface area contributed by atoms with Crippen LogP contribution in [0.15, 0.2) is 43.0 Å². The molecule has 1 aliphatic carbocycles. The molecule has 2 aliphatic heterocycles. The molecule has 5 rings (SSSR count). The number of aliphatic hydroxyl groups excluding tert-OH is 1. The summed E-state index contributed by atoms with van der Waals surface area (Å²) < 4.78 is 2.00. The normalized spacial score (nSPS) is 25.2. The Morgan fingerprint density at radius 3 is 2.92 bits per heavy atom. The van der Waals surface area contributed by atoms with Gasteiger partial charge in [-0.15, -0.1) is 0 Å². The fourth-order valence-corrected chi connectivity index (χ4v) is 4.15. The minimum Gasteiger partial charge on any atom is -0.396 e. The Kier molecular flexibility index (Phi) is 4.21. The van der Waals surface area contributed by atoms with Gasteiger partial charge in [-0.1, -0.05) is 12.1 Å². The molecule has 132 valence electrons. The molecule has 2 saturated heterocycles. The van der Waals surface area contributed by atoms with Gasteiger partial charge in [0.2, 0.25) is 0 Å². The molecule has 0 unspecified atom stereocenters. The lowest BCUT2D eigenvalue weighted by Gasteiger charge is -2.51. The first-order chi connectivity index (χ1) is 12.2. The van der Waals surface area contributed by atoms with Gasteiger partial charge in [0.25, 0.3) is 0 Å². The average molecular weight is 340 g/mol. The van der Waals surface area contributed by atoms with Crippen LogP contribution in [0, 0.1) is 5.41 Å². The van der Waals surface area contributed by atoms with Gasteiger partial charge in [0.15, 0.2) is 0 Å². The summed E-state index contributed by atoms with van der Waals surface area (Å²) in [5, 5.41) is 12.8. The zero-order valence-corrected chi connectivity index (χ0v) is 14.3. The number of urea groups is 1. The maximum atomic E-state index is 12.8. The van der Waals surface area contributed by atoms with Crippen molar-refractivity contribution in [3.63, 3.8) is 0 Å². The first-order valence-electron chi connectivity index (χ1n) is 8.91. The number of carbonyl (C=O) groups excluding carboxylic acids is 1. The summed E-state index contributed by atoms with van der Waals surface area (Å²) in [5.74, 6) is 0. The molecule has 3 aliphatic rings. The molecule has 0 spiro atoms. The Morgan fingerprint density at radius 1 is 1.36 bits per heavy atom. The second kappa shape index (κ2) is 6.52. The van der Waals surface area contributed by atoms with E-state index in [2.05, 4.69) is 10.3 Å². The molecule has 0 atom stereocenters. The van der Waals surface area contributed by atoms with Crippen LogP contribution < -0.4 is 5.32 Å². The van der Waals surface area contributed by atoms with Crippen LogP contribution in [0.25, 0.3) is 0 Å². The average Bonchev–Trinajstić information content (AvgIpc) is 3.16. The topological polar surface area (TPSA) is 70.4 Å². The molecular weight excluding hydrogens is 316 g/mol. The molecule has 2 N–H and O–H groups in total. The predicted octanol–water partition coefficient (Wildman–Crippen LogP) is 2.70. The van der Waals surface area contributed by atoms with Crippen LogP contribution in [0.2, 0.25) is 0 Å². The number of hydrogen-bond acceptors (Lipinski definition) is 3. The van der Waals surface area contributed by atoms with Crippen LogP contribution >= 0.6 is 0 Å². The number of fused-ring (bicyclic) bond motifs is 3. The molecule has 6 heteroatoms. The van der Waals surface area contributed by atoms with Crippen molar-refractivity contribution in [3.05, 3.63) is 48.5 Å². The molecule has 3 heterocycles. The van der Waals surface area contributed by atoms with E-state index in [4.69, 9.17) is 0 Å². The second-order valence-corrected chi connectivity index (χ2v) is 7.38. The summed E-state index contributed by atoms with van der Waals surface area (Å²) in [5.41, 5.74) is 1.83. The van der Waals surface area contributed by atoms with Crippen molar-refractivity contribution >= 4 is 11.7 Å². The third-order valence-corrected chi connectivity index (χ3v) is 5.66. The Hall–Kier alpha value is -2.34. The standard InChI is InChI=1S/C19H24N4O2/c24-13-19-6-4-17(5-7-19)23(12-19)18(25)21-16-3-1-2-15(10-16)11-22-9-8-20-14-22/h1-3,8-10,14,17,24H,4-7,11-13H2,(H,21,25). The number of anilines is 1. The van der Waals surface area contributed by atoms with Crippen molar-refractivity contribution in [3.8, 4) is 0 Å². The molecule has 1 aromatic heterocycles. The zero-order chi connectivity index (χ0) is 17.3. The van der Waals surface area contributed by atoms with Gasteiger partial charge in [-0.05, 0) is 43.4 Å². The minimum absolute atomic E-state index is 0.0537. The van der Waals surface area contributed by atoms with Crippen LogP contribution in [0.1, 0.15) is 31.2 Å². The number of aliphatic hydroxyl groups is 1. The van der Waals surface area contributed by atoms with Gasteiger partial charge in [0, 0.05) is 42.6 Å². The fourth-order valence-electron chi connectivity index (χ4n) is 4.15. The maximum absolute atomic E-state index is 12.8. The smallest absolute Gasteiger partial charge is 0.322 e. The van der Waals surface area contributed by atoms with Gasteiger partial charge in [0.1, 0.15) is 0 Å². The lowest BCUT2D eigenvalue weighted by atomic mass is 9.68. The number of nitrogens with one attached hydrogen (secondary N) is 1. The maximum Gasteiger partial charge on any atom is 0.322 e. The van der Waals surface area contributed by atoms with Gasteiger partial charge < -0.3 is 19.9 Å². The lowest BCUT2D eigenvalue weighted by molar-refractivity contribution is -0.0275. The monoisotopic (exact) mass is 340 g/mol. The van der Waals surface area contributed by atoms with E-state index < -0.39 is 0 Å². The highest BCUT2D eigenvalue weighted by molar-refractivity contribution is 5.89. The quantitative estimate of drug-likeness (QED) is 0.899. The first-order valence-corrected chi connectivity index (χ1v) is 8.91.